The fourth-order valence-electron chi connectivity index (χ4n) is 11.5. The number of hydrogen-bond donors (Lipinski definition) is 0. The van der Waals surface area contributed by atoms with Gasteiger partial charge >= 0.3 is 0 Å². The Bertz CT molecular complexity index is 720. The van der Waals surface area contributed by atoms with Crippen LogP contribution in [-0.4, -0.2) is 44.9 Å². The lowest BCUT2D eigenvalue weighted by molar-refractivity contribution is -0.148. The Morgan fingerprint density at radius 1 is 0.903 bits per heavy atom. The SMILES string of the molecule is CCC1[C@H](OC[N-]C)C[C@@]2(C)C3CCC4C(C)(C)C(N(C)C)CCC45CC35CCC12C. The molecule has 178 valence electrons. The van der Waals surface area contributed by atoms with E-state index in [9.17, 15) is 0 Å². The van der Waals surface area contributed by atoms with Crippen molar-refractivity contribution < 1.29 is 4.74 Å². The molecule has 3 nitrogen and oxygen atoms in total. The Balaban J connectivity index is 1.48. The molecule has 5 rings (SSSR count). The Morgan fingerprint density at radius 2 is 1.58 bits per heavy atom. The van der Waals surface area contributed by atoms with E-state index in [1.807, 2.05) is 7.05 Å². The first-order valence-corrected chi connectivity index (χ1v) is 13.4. The third-order valence-corrected chi connectivity index (χ3v) is 12.7. The second-order valence-corrected chi connectivity index (χ2v) is 13.7. The molecule has 5 saturated carbocycles. The molecule has 3 heteroatoms. The number of hydrogen-bond acceptors (Lipinski definition) is 2. The largest absolute Gasteiger partial charge is 0.642 e. The Kier molecular flexibility index (Phi) is 5.08. The van der Waals surface area contributed by atoms with Gasteiger partial charge in [-0.3, -0.25) is 0 Å². The number of rotatable bonds is 5. The molecule has 0 amide bonds. The predicted molar refractivity (Wildman–Crippen MR) is 129 cm³/mol. The lowest BCUT2D eigenvalue weighted by Crippen LogP contribution is -2.59. The zero-order valence-electron chi connectivity index (χ0n) is 21.8. The Labute approximate surface area is 192 Å². The number of fused-ring (bicyclic) bond motifs is 2. The Morgan fingerprint density at radius 3 is 2.23 bits per heavy atom. The van der Waals surface area contributed by atoms with Crippen LogP contribution in [0.15, 0.2) is 0 Å². The average molecular weight is 430 g/mol. The molecule has 7 unspecified atom stereocenters. The molecule has 0 bridgehead atoms. The van der Waals surface area contributed by atoms with Gasteiger partial charge in [0.25, 0.3) is 0 Å². The summed E-state index contributed by atoms with van der Waals surface area (Å²) in [6, 6.07) is 0.744. The fraction of sp³-hybridized carbons (Fsp3) is 1.00. The zero-order valence-corrected chi connectivity index (χ0v) is 21.8. The smallest absolute Gasteiger partial charge is 0.0590 e. The first-order valence-electron chi connectivity index (χ1n) is 13.4. The van der Waals surface area contributed by atoms with E-state index in [-0.39, 0.29) is 0 Å². The van der Waals surface area contributed by atoms with Crippen molar-refractivity contribution in [3.63, 3.8) is 0 Å². The number of ether oxygens (including phenoxy) is 1. The van der Waals surface area contributed by atoms with Crippen LogP contribution in [0.5, 0.6) is 0 Å². The molecule has 0 saturated heterocycles. The summed E-state index contributed by atoms with van der Waals surface area (Å²) in [4.78, 5) is 2.54. The normalized spacial score (nSPS) is 54.7. The third-order valence-electron chi connectivity index (χ3n) is 12.7. The van der Waals surface area contributed by atoms with Crippen molar-refractivity contribution in [2.75, 3.05) is 27.9 Å². The first kappa shape index (κ1) is 22.7. The summed E-state index contributed by atoms with van der Waals surface area (Å²) < 4.78 is 6.41. The molecular formula is C28H49N2O-. The first-order chi connectivity index (χ1) is 14.5. The lowest BCUT2D eigenvalue weighted by atomic mass is 9.42. The molecule has 0 N–H and O–H groups in total. The summed E-state index contributed by atoms with van der Waals surface area (Å²) in [6.07, 6.45) is 13.2. The minimum Gasteiger partial charge on any atom is -0.642 e. The molecule has 5 aliphatic rings. The fourth-order valence-corrected chi connectivity index (χ4v) is 11.5. The van der Waals surface area contributed by atoms with E-state index in [1.54, 1.807) is 0 Å². The second kappa shape index (κ2) is 6.95. The van der Waals surface area contributed by atoms with E-state index in [0.717, 1.165) is 17.9 Å². The van der Waals surface area contributed by atoms with Crippen molar-refractivity contribution in [2.24, 2.45) is 44.8 Å². The molecule has 9 atom stereocenters. The van der Waals surface area contributed by atoms with Gasteiger partial charge in [-0.1, -0.05) is 41.0 Å². The van der Waals surface area contributed by atoms with Crippen LogP contribution >= 0.6 is 0 Å². The minimum atomic E-state index is 0.409. The van der Waals surface area contributed by atoms with Crippen LogP contribution in [0.2, 0.25) is 0 Å². The molecular weight excluding hydrogens is 380 g/mol. The summed E-state index contributed by atoms with van der Waals surface area (Å²) in [5, 5.41) is 4.30. The molecule has 0 heterocycles. The van der Waals surface area contributed by atoms with Crippen LogP contribution in [0, 0.1) is 44.8 Å². The molecule has 5 fully saturated rings. The Hall–Kier alpha value is -0.120. The van der Waals surface area contributed by atoms with Gasteiger partial charge in [-0.25, -0.2) is 0 Å². The zero-order chi connectivity index (χ0) is 22.4. The van der Waals surface area contributed by atoms with Crippen molar-refractivity contribution >= 4 is 0 Å². The molecule has 2 spiro atoms. The summed E-state index contributed by atoms with van der Waals surface area (Å²) in [5.41, 5.74) is 2.59. The van der Waals surface area contributed by atoms with Crippen LogP contribution in [-0.2, 0) is 4.74 Å². The highest BCUT2D eigenvalue weighted by atomic mass is 16.5. The average Bonchev–Trinajstić information content (AvgIpc) is 3.30. The molecule has 5 aliphatic carbocycles. The highest BCUT2D eigenvalue weighted by Crippen LogP contribution is 2.89. The van der Waals surface area contributed by atoms with Crippen molar-refractivity contribution in [1.82, 2.24) is 4.90 Å². The van der Waals surface area contributed by atoms with Gasteiger partial charge in [-0.2, -0.15) is 7.05 Å². The summed E-state index contributed by atoms with van der Waals surface area (Å²) in [6.45, 7) is 13.6. The van der Waals surface area contributed by atoms with Gasteiger partial charge in [0.05, 0.1) is 6.10 Å². The molecule has 0 aromatic heterocycles. The van der Waals surface area contributed by atoms with E-state index in [1.165, 1.54) is 57.8 Å². The van der Waals surface area contributed by atoms with Crippen molar-refractivity contribution in [1.29, 1.82) is 0 Å². The minimum absolute atomic E-state index is 0.409. The monoisotopic (exact) mass is 429 g/mol. The molecule has 31 heavy (non-hydrogen) atoms. The summed E-state index contributed by atoms with van der Waals surface area (Å²) in [7, 11) is 6.53. The lowest BCUT2D eigenvalue weighted by Gasteiger charge is -2.63. The van der Waals surface area contributed by atoms with E-state index < -0.39 is 0 Å². The van der Waals surface area contributed by atoms with Gasteiger partial charge in [0.1, 0.15) is 0 Å². The third kappa shape index (κ3) is 2.58. The van der Waals surface area contributed by atoms with Crippen molar-refractivity contribution in [3.8, 4) is 0 Å². The van der Waals surface area contributed by atoms with Gasteiger partial charge in [-0.05, 0) is 117 Å². The van der Waals surface area contributed by atoms with Crippen LogP contribution in [0.4, 0.5) is 0 Å². The standard InChI is InChI=1S/C28H49N2O/c1-9-19-20(31-18-29-6)16-26(5)22-11-10-21-24(2,3)23(30(7)8)12-13-27(21)17-28(22,27)15-14-25(19,26)4/h19-23H,9-18H2,1-8H3/q-1/t19?,20-,21?,22?,23?,25?,26+,27?,28?/m1/s1. The molecule has 0 radical (unpaired) electrons. The van der Waals surface area contributed by atoms with Gasteiger partial charge in [0.2, 0.25) is 0 Å². The number of nitrogens with zero attached hydrogens (tertiary/aromatic N) is 2. The topological polar surface area (TPSA) is 26.6 Å². The highest BCUT2D eigenvalue weighted by Gasteiger charge is 2.82. The van der Waals surface area contributed by atoms with Crippen LogP contribution in [0.3, 0.4) is 0 Å². The van der Waals surface area contributed by atoms with Crippen molar-refractivity contribution in [2.45, 2.75) is 105 Å². The molecule has 0 aromatic carbocycles. The maximum absolute atomic E-state index is 6.41. The van der Waals surface area contributed by atoms with Gasteiger partial charge in [-0.15, -0.1) is 0 Å². The molecule has 0 aliphatic heterocycles. The van der Waals surface area contributed by atoms with E-state index in [0.29, 0.717) is 45.8 Å². The summed E-state index contributed by atoms with van der Waals surface area (Å²) in [5.74, 6) is 2.52. The maximum atomic E-state index is 6.41. The van der Waals surface area contributed by atoms with E-state index in [4.69, 9.17) is 4.74 Å². The summed E-state index contributed by atoms with van der Waals surface area (Å²) >= 11 is 0. The van der Waals surface area contributed by atoms with Crippen LogP contribution in [0.25, 0.3) is 5.32 Å². The maximum Gasteiger partial charge on any atom is 0.0590 e. The van der Waals surface area contributed by atoms with Gasteiger partial charge in [0.15, 0.2) is 0 Å². The van der Waals surface area contributed by atoms with E-state index in [2.05, 4.69) is 58.9 Å². The highest BCUT2D eigenvalue weighted by molar-refractivity contribution is 5.31. The van der Waals surface area contributed by atoms with Crippen LogP contribution in [0.1, 0.15) is 92.4 Å². The van der Waals surface area contributed by atoms with Crippen molar-refractivity contribution in [3.05, 3.63) is 5.32 Å². The van der Waals surface area contributed by atoms with Gasteiger partial charge < -0.3 is 15.0 Å². The van der Waals surface area contributed by atoms with Crippen LogP contribution < -0.4 is 0 Å². The predicted octanol–water partition coefficient (Wildman–Crippen LogP) is 6.72. The second-order valence-electron chi connectivity index (χ2n) is 13.7. The molecule has 0 aromatic rings. The quantitative estimate of drug-likeness (QED) is 0.485. The van der Waals surface area contributed by atoms with Gasteiger partial charge in [0, 0.05) is 6.04 Å². The van der Waals surface area contributed by atoms with E-state index >= 15 is 0 Å².